The molecule has 9 heteroatoms. The smallest absolute Gasteiger partial charge is 0.420 e. The third-order valence-corrected chi connectivity index (χ3v) is 2.05. The second-order valence-electron chi connectivity index (χ2n) is 3.60. The van der Waals surface area contributed by atoms with Crippen molar-refractivity contribution in [1.82, 2.24) is 0 Å². The molecule has 0 radical (unpaired) electrons. The first-order chi connectivity index (χ1) is 8.54. The summed E-state index contributed by atoms with van der Waals surface area (Å²) in [5, 5.41) is 0. The molecule has 1 aromatic carbocycles. The van der Waals surface area contributed by atoms with Crippen LogP contribution in [0.4, 0.5) is 36.4 Å². The van der Waals surface area contributed by atoms with Gasteiger partial charge in [-0.1, -0.05) is 0 Å². The van der Waals surface area contributed by atoms with E-state index in [-0.39, 0.29) is 5.69 Å². The lowest BCUT2D eigenvalue weighted by molar-refractivity contribution is -0.153. The minimum Gasteiger partial charge on any atom is -0.486 e. The van der Waals surface area contributed by atoms with Crippen molar-refractivity contribution >= 4 is 5.69 Å². The third kappa shape index (κ3) is 3.90. The van der Waals surface area contributed by atoms with Crippen LogP contribution in [0.5, 0.6) is 5.75 Å². The van der Waals surface area contributed by atoms with Crippen LogP contribution in [-0.4, -0.2) is 19.0 Å². The summed E-state index contributed by atoms with van der Waals surface area (Å²) in [4.78, 5) is 0. The molecular weight excluding hydrogens is 283 g/mol. The van der Waals surface area contributed by atoms with E-state index in [0.29, 0.717) is 12.1 Å². The number of alkyl halides is 7. The Labute approximate surface area is 103 Å². The molecule has 19 heavy (non-hydrogen) atoms. The van der Waals surface area contributed by atoms with Crippen LogP contribution in [-0.2, 0) is 6.18 Å². The molecule has 0 saturated heterocycles. The number of benzene rings is 1. The summed E-state index contributed by atoms with van der Waals surface area (Å²) in [6, 6.07) is 2.14. The van der Waals surface area contributed by atoms with E-state index >= 15 is 0 Å². The maximum absolute atomic E-state index is 12.6. The Morgan fingerprint density at radius 1 is 1.11 bits per heavy atom. The second-order valence-corrected chi connectivity index (χ2v) is 3.60. The van der Waals surface area contributed by atoms with Crippen molar-refractivity contribution in [2.24, 2.45) is 0 Å². The lowest BCUT2D eigenvalue weighted by atomic mass is 10.1. The van der Waals surface area contributed by atoms with Crippen molar-refractivity contribution in [3.05, 3.63) is 23.8 Å². The predicted molar refractivity (Wildman–Crippen MR) is 52.3 cm³/mol. The molecule has 0 heterocycles. The first kappa shape index (κ1) is 15.4. The van der Waals surface area contributed by atoms with Gasteiger partial charge in [0.2, 0.25) is 0 Å². The average molecular weight is 291 g/mol. The van der Waals surface area contributed by atoms with Gasteiger partial charge in [-0.05, 0) is 18.2 Å². The van der Waals surface area contributed by atoms with Gasteiger partial charge in [-0.15, -0.1) is 0 Å². The zero-order valence-electron chi connectivity index (χ0n) is 9.15. The molecular formula is C10H8F7NO. The fourth-order valence-corrected chi connectivity index (χ4v) is 1.13. The average Bonchev–Trinajstić information content (AvgIpc) is 2.26. The minimum absolute atomic E-state index is 0.264. The van der Waals surface area contributed by atoms with Crippen molar-refractivity contribution in [2.45, 2.75) is 18.5 Å². The molecule has 0 bridgehead atoms. The fourth-order valence-electron chi connectivity index (χ4n) is 1.13. The molecule has 0 saturated carbocycles. The van der Waals surface area contributed by atoms with Gasteiger partial charge in [0, 0.05) is 5.69 Å². The van der Waals surface area contributed by atoms with Crippen molar-refractivity contribution in [1.29, 1.82) is 0 Å². The number of hydrogen-bond donors (Lipinski definition) is 1. The highest BCUT2D eigenvalue weighted by molar-refractivity contribution is 5.49. The highest BCUT2D eigenvalue weighted by Gasteiger charge is 2.42. The maximum Gasteiger partial charge on any atom is 0.420 e. The van der Waals surface area contributed by atoms with Gasteiger partial charge in [0.15, 0.2) is 6.61 Å². The molecule has 2 nitrogen and oxygen atoms in total. The molecule has 0 spiro atoms. The monoisotopic (exact) mass is 291 g/mol. The van der Waals surface area contributed by atoms with Crippen molar-refractivity contribution < 1.29 is 35.5 Å². The van der Waals surface area contributed by atoms with E-state index in [4.69, 9.17) is 5.73 Å². The molecule has 1 aromatic rings. The van der Waals surface area contributed by atoms with Gasteiger partial charge in [0.1, 0.15) is 5.75 Å². The number of halogens is 7. The van der Waals surface area contributed by atoms with E-state index in [9.17, 15) is 30.7 Å². The minimum atomic E-state index is -4.90. The summed E-state index contributed by atoms with van der Waals surface area (Å²) < 4.78 is 90.5. The number of ether oxygens (including phenoxy) is 1. The maximum atomic E-state index is 12.6. The highest BCUT2D eigenvalue weighted by Crippen LogP contribution is 2.38. The molecule has 0 aliphatic rings. The van der Waals surface area contributed by atoms with Crippen LogP contribution in [0.25, 0.3) is 0 Å². The van der Waals surface area contributed by atoms with Gasteiger partial charge >= 0.3 is 18.5 Å². The number of anilines is 1. The highest BCUT2D eigenvalue weighted by atomic mass is 19.4. The van der Waals surface area contributed by atoms with Crippen molar-refractivity contribution in [3.63, 3.8) is 0 Å². The van der Waals surface area contributed by atoms with E-state index < -0.39 is 36.4 Å². The Hall–Kier alpha value is -1.67. The van der Waals surface area contributed by atoms with Crippen LogP contribution in [0.3, 0.4) is 0 Å². The molecule has 0 aliphatic heterocycles. The second kappa shape index (κ2) is 5.14. The number of nitrogen functional groups attached to an aromatic ring is 1. The summed E-state index contributed by atoms with van der Waals surface area (Å²) in [5.41, 5.74) is 3.46. The van der Waals surface area contributed by atoms with Gasteiger partial charge in [-0.2, -0.15) is 22.0 Å². The fraction of sp³-hybridized carbons (Fsp3) is 0.400. The topological polar surface area (TPSA) is 35.2 Å². The Kier molecular flexibility index (Phi) is 4.16. The molecule has 108 valence electrons. The summed E-state index contributed by atoms with van der Waals surface area (Å²) in [5.74, 6) is -5.52. The van der Waals surface area contributed by atoms with Crippen LogP contribution in [0.15, 0.2) is 18.2 Å². The van der Waals surface area contributed by atoms with Gasteiger partial charge in [0.25, 0.3) is 0 Å². The lowest BCUT2D eigenvalue weighted by Gasteiger charge is -2.18. The van der Waals surface area contributed by atoms with Gasteiger partial charge in [-0.3, -0.25) is 0 Å². The summed E-state index contributed by atoms with van der Waals surface area (Å²) in [6.07, 6.45) is -8.93. The Bertz CT molecular complexity index is 444. The zero-order valence-corrected chi connectivity index (χ0v) is 9.15. The largest absolute Gasteiger partial charge is 0.486 e. The Balaban J connectivity index is 2.96. The van der Waals surface area contributed by atoms with Gasteiger partial charge in [0.05, 0.1) is 5.56 Å². The Morgan fingerprint density at radius 3 is 2.16 bits per heavy atom. The molecule has 0 fully saturated rings. The van der Waals surface area contributed by atoms with E-state index in [1.165, 1.54) is 0 Å². The van der Waals surface area contributed by atoms with E-state index in [0.717, 1.165) is 6.07 Å². The molecule has 0 aromatic heterocycles. The molecule has 0 atom stereocenters. The van der Waals surface area contributed by atoms with Gasteiger partial charge in [-0.25, -0.2) is 8.78 Å². The number of rotatable bonds is 4. The molecule has 0 unspecified atom stereocenters. The summed E-state index contributed by atoms with van der Waals surface area (Å²) >= 11 is 0. The Morgan fingerprint density at radius 2 is 1.68 bits per heavy atom. The predicted octanol–water partition coefficient (Wildman–Crippen LogP) is 3.57. The van der Waals surface area contributed by atoms with E-state index in [1.54, 1.807) is 0 Å². The third-order valence-electron chi connectivity index (χ3n) is 2.05. The van der Waals surface area contributed by atoms with Crippen LogP contribution < -0.4 is 10.5 Å². The van der Waals surface area contributed by atoms with Crippen molar-refractivity contribution in [3.8, 4) is 5.75 Å². The van der Waals surface area contributed by atoms with Crippen molar-refractivity contribution in [2.75, 3.05) is 12.3 Å². The zero-order chi connectivity index (χ0) is 14.8. The first-order valence-electron chi connectivity index (χ1n) is 4.79. The van der Waals surface area contributed by atoms with Crippen LogP contribution in [0.1, 0.15) is 5.56 Å². The SMILES string of the molecule is Nc1ccc(OCC(F)(F)C(F)F)c(C(F)(F)F)c1. The molecule has 0 amide bonds. The quantitative estimate of drug-likeness (QED) is 0.680. The van der Waals surface area contributed by atoms with Crippen LogP contribution >= 0.6 is 0 Å². The molecule has 1 rings (SSSR count). The number of hydrogen-bond acceptors (Lipinski definition) is 2. The molecule has 2 N–H and O–H groups in total. The molecule has 0 aliphatic carbocycles. The standard InChI is InChI=1S/C10H8F7NO/c11-8(12)9(13,14)4-19-7-2-1-5(18)3-6(7)10(15,16)17/h1-3,8H,4,18H2. The first-order valence-corrected chi connectivity index (χ1v) is 4.79. The lowest BCUT2D eigenvalue weighted by Crippen LogP contribution is -2.34. The van der Waals surface area contributed by atoms with Gasteiger partial charge < -0.3 is 10.5 Å². The van der Waals surface area contributed by atoms with E-state index in [1.807, 2.05) is 0 Å². The number of nitrogens with two attached hydrogens (primary N) is 1. The normalized spacial score (nSPS) is 12.8. The van der Waals surface area contributed by atoms with E-state index in [2.05, 4.69) is 4.74 Å². The van der Waals surface area contributed by atoms with Crippen LogP contribution in [0, 0.1) is 0 Å². The summed E-state index contributed by atoms with van der Waals surface area (Å²) in [7, 11) is 0. The van der Waals surface area contributed by atoms with Crippen LogP contribution in [0.2, 0.25) is 0 Å². The summed E-state index contributed by atoms with van der Waals surface area (Å²) in [6.45, 7) is -1.86.